The molecule has 0 atom stereocenters. The first-order valence-corrected chi connectivity index (χ1v) is 7.75. The van der Waals surface area contributed by atoms with E-state index in [-0.39, 0.29) is 16.0 Å². The van der Waals surface area contributed by atoms with Gasteiger partial charge in [0.15, 0.2) is 10.8 Å². The quantitative estimate of drug-likeness (QED) is 0.740. The first kappa shape index (κ1) is 14.3. The Kier molecular flexibility index (Phi) is 3.24. The van der Waals surface area contributed by atoms with E-state index in [9.17, 15) is 14.4 Å². The number of aromatic nitrogens is 1. The second-order valence-electron chi connectivity index (χ2n) is 4.94. The lowest BCUT2D eigenvalue weighted by Gasteiger charge is -2.13. The molecule has 0 saturated carbocycles. The fourth-order valence-corrected chi connectivity index (χ4v) is 3.11. The van der Waals surface area contributed by atoms with Crippen LogP contribution in [0.2, 0.25) is 0 Å². The molecule has 0 bridgehead atoms. The van der Waals surface area contributed by atoms with Crippen molar-refractivity contribution in [3.63, 3.8) is 0 Å². The number of furan rings is 1. The van der Waals surface area contributed by atoms with E-state index in [0.717, 1.165) is 16.3 Å². The summed E-state index contributed by atoms with van der Waals surface area (Å²) < 4.78 is 5.22. The van der Waals surface area contributed by atoms with Crippen molar-refractivity contribution >= 4 is 29.1 Å². The molecule has 0 aliphatic carbocycles. The maximum absolute atomic E-state index is 12.3. The van der Waals surface area contributed by atoms with E-state index in [1.807, 2.05) is 0 Å². The van der Waals surface area contributed by atoms with Crippen LogP contribution >= 0.6 is 11.3 Å². The van der Waals surface area contributed by atoms with Crippen molar-refractivity contribution in [2.45, 2.75) is 0 Å². The van der Waals surface area contributed by atoms with Crippen LogP contribution < -0.4 is 5.43 Å². The Morgan fingerprint density at radius 2 is 1.79 bits per heavy atom. The molecule has 3 aromatic rings. The number of nitrogens with zero attached hydrogens (tertiary/aromatic N) is 2. The molecule has 0 radical (unpaired) electrons. The van der Waals surface area contributed by atoms with Crippen LogP contribution in [-0.4, -0.2) is 27.7 Å². The summed E-state index contributed by atoms with van der Waals surface area (Å²) in [4.78, 5) is 41.1. The summed E-state index contributed by atoms with van der Waals surface area (Å²) in [5, 5.41) is 1.26. The Hall–Kier alpha value is -3.26. The number of carbonyl (C=O) groups excluding carboxylic acids is 3. The van der Waals surface area contributed by atoms with Gasteiger partial charge in [-0.25, -0.2) is 4.98 Å². The number of rotatable bonds is 3. The maximum Gasteiger partial charge on any atom is 0.282 e. The Labute approximate surface area is 139 Å². The van der Waals surface area contributed by atoms with E-state index in [1.54, 1.807) is 36.4 Å². The molecule has 1 aromatic carbocycles. The highest BCUT2D eigenvalue weighted by Crippen LogP contribution is 2.26. The maximum atomic E-state index is 12.3. The van der Waals surface area contributed by atoms with Crippen molar-refractivity contribution in [1.29, 1.82) is 0 Å². The minimum atomic E-state index is -0.584. The molecule has 118 valence electrons. The minimum Gasteiger partial charge on any atom is -0.462 e. The van der Waals surface area contributed by atoms with Crippen LogP contribution in [0.3, 0.4) is 0 Å². The zero-order valence-electron chi connectivity index (χ0n) is 12.1. The Morgan fingerprint density at radius 1 is 1.08 bits per heavy atom. The van der Waals surface area contributed by atoms with Crippen LogP contribution in [0.25, 0.3) is 10.8 Å². The van der Waals surface area contributed by atoms with Crippen LogP contribution in [0.15, 0.2) is 53.3 Å². The highest BCUT2D eigenvalue weighted by atomic mass is 32.1. The first-order chi connectivity index (χ1) is 11.6. The standard InChI is InChI=1S/C16H9N3O4S/c20-13(12-8-17-14(24-12)11-6-3-7-23-11)18-19-15(21)9-4-1-2-5-10(9)16(19)22/h1-8H,(H,18,20). The number of hydrogen-bond acceptors (Lipinski definition) is 6. The highest BCUT2D eigenvalue weighted by Gasteiger charge is 2.36. The fourth-order valence-electron chi connectivity index (χ4n) is 2.34. The third-order valence-electron chi connectivity index (χ3n) is 3.47. The summed E-state index contributed by atoms with van der Waals surface area (Å²) >= 11 is 1.10. The van der Waals surface area contributed by atoms with Gasteiger partial charge in [0.2, 0.25) is 0 Å². The van der Waals surface area contributed by atoms with Gasteiger partial charge in [0.25, 0.3) is 17.7 Å². The number of benzene rings is 1. The van der Waals surface area contributed by atoms with Crippen LogP contribution in [0.5, 0.6) is 0 Å². The zero-order chi connectivity index (χ0) is 16.7. The van der Waals surface area contributed by atoms with Gasteiger partial charge in [0.05, 0.1) is 23.6 Å². The molecular formula is C16H9N3O4S. The number of fused-ring (bicyclic) bond motifs is 1. The van der Waals surface area contributed by atoms with Crippen LogP contribution in [0.1, 0.15) is 30.4 Å². The molecule has 0 fully saturated rings. The molecule has 0 saturated heterocycles. The molecule has 0 unspecified atom stereocenters. The number of imide groups is 1. The second kappa shape index (κ2) is 5.43. The smallest absolute Gasteiger partial charge is 0.282 e. The number of hydrazine groups is 1. The van der Waals surface area contributed by atoms with Crippen molar-refractivity contribution < 1.29 is 18.8 Å². The summed E-state index contributed by atoms with van der Waals surface area (Å²) in [6, 6.07) is 9.86. The lowest BCUT2D eigenvalue weighted by molar-refractivity contribution is 0.0519. The van der Waals surface area contributed by atoms with Gasteiger partial charge in [0.1, 0.15) is 4.88 Å². The molecule has 8 heteroatoms. The van der Waals surface area contributed by atoms with Crippen molar-refractivity contribution in [3.8, 4) is 10.8 Å². The van der Waals surface area contributed by atoms with E-state index in [0.29, 0.717) is 10.8 Å². The lowest BCUT2D eigenvalue weighted by atomic mass is 10.1. The Balaban J connectivity index is 1.55. The molecule has 2 aromatic heterocycles. The average molecular weight is 339 g/mol. The molecule has 3 amide bonds. The van der Waals surface area contributed by atoms with Crippen molar-refractivity contribution in [1.82, 2.24) is 15.4 Å². The fraction of sp³-hybridized carbons (Fsp3) is 0. The normalized spacial score (nSPS) is 13.2. The predicted octanol–water partition coefficient (Wildman–Crippen LogP) is 2.34. The van der Waals surface area contributed by atoms with Crippen LogP contribution in [0, 0.1) is 0 Å². The summed E-state index contributed by atoms with van der Waals surface area (Å²) in [6.45, 7) is 0. The number of amides is 3. The first-order valence-electron chi connectivity index (χ1n) is 6.93. The SMILES string of the molecule is O=C(NN1C(=O)c2ccccc2C1=O)c1cnc(-c2ccco2)s1. The summed E-state index contributed by atoms with van der Waals surface area (Å²) in [5.74, 6) is -1.15. The van der Waals surface area contributed by atoms with E-state index in [1.165, 1.54) is 12.5 Å². The van der Waals surface area contributed by atoms with Crippen molar-refractivity contribution in [2.24, 2.45) is 0 Å². The van der Waals surface area contributed by atoms with Crippen LogP contribution in [0.4, 0.5) is 0 Å². The number of carbonyl (C=O) groups is 3. The molecule has 4 rings (SSSR count). The molecule has 24 heavy (non-hydrogen) atoms. The number of nitrogens with one attached hydrogen (secondary N) is 1. The zero-order valence-corrected chi connectivity index (χ0v) is 12.9. The molecule has 1 aliphatic rings. The number of thiazole rings is 1. The van der Waals surface area contributed by atoms with Gasteiger partial charge < -0.3 is 4.42 Å². The monoisotopic (exact) mass is 339 g/mol. The average Bonchev–Trinajstić information content (AvgIpc) is 3.32. The van der Waals surface area contributed by atoms with Gasteiger partial charge in [-0.2, -0.15) is 5.01 Å². The Morgan fingerprint density at radius 3 is 2.42 bits per heavy atom. The summed E-state index contributed by atoms with van der Waals surface area (Å²) in [7, 11) is 0. The van der Waals surface area contributed by atoms with Crippen molar-refractivity contribution in [3.05, 3.63) is 64.9 Å². The largest absolute Gasteiger partial charge is 0.462 e. The van der Waals surface area contributed by atoms with E-state index in [4.69, 9.17) is 4.42 Å². The second-order valence-corrected chi connectivity index (χ2v) is 5.97. The van der Waals surface area contributed by atoms with Gasteiger partial charge in [0, 0.05) is 0 Å². The topological polar surface area (TPSA) is 92.5 Å². The number of hydrogen-bond donors (Lipinski definition) is 1. The van der Waals surface area contributed by atoms with Gasteiger partial charge in [-0.05, 0) is 24.3 Å². The molecular weight excluding hydrogens is 330 g/mol. The van der Waals surface area contributed by atoms with Crippen LogP contribution in [-0.2, 0) is 0 Å². The van der Waals surface area contributed by atoms with Gasteiger partial charge in [-0.1, -0.05) is 12.1 Å². The highest BCUT2D eigenvalue weighted by molar-refractivity contribution is 7.16. The Bertz CT molecular complexity index is 926. The van der Waals surface area contributed by atoms with E-state index >= 15 is 0 Å². The van der Waals surface area contributed by atoms with Gasteiger partial charge >= 0.3 is 0 Å². The van der Waals surface area contributed by atoms with Crippen molar-refractivity contribution in [2.75, 3.05) is 0 Å². The third kappa shape index (κ3) is 2.20. The molecule has 0 spiro atoms. The predicted molar refractivity (Wildman–Crippen MR) is 84.2 cm³/mol. The molecule has 1 aliphatic heterocycles. The summed E-state index contributed by atoms with van der Waals surface area (Å²) in [5.41, 5.74) is 2.87. The molecule has 1 N–H and O–H groups in total. The van der Waals surface area contributed by atoms with Gasteiger partial charge in [-0.3, -0.25) is 19.8 Å². The lowest BCUT2D eigenvalue weighted by Crippen LogP contribution is -2.45. The van der Waals surface area contributed by atoms with E-state index < -0.39 is 17.7 Å². The minimum absolute atomic E-state index is 0.262. The van der Waals surface area contributed by atoms with Gasteiger partial charge in [-0.15, -0.1) is 11.3 Å². The summed E-state index contributed by atoms with van der Waals surface area (Å²) in [6.07, 6.45) is 2.88. The molecule has 7 nitrogen and oxygen atoms in total. The third-order valence-corrected chi connectivity index (χ3v) is 4.48. The molecule has 3 heterocycles. The van der Waals surface area contributed by atoms with E-state index in [2.05, 4.69) is 10.4 Å².